The summed E-state index contributed by atoms with van der Waals surface area (Å²) in [5.41, 5.74) is 1.09. The Balaban J connectivity index is 1.98. The summed E-state index contributed by atoms with van der Waals surface area (Å²) in [6.07, 6.45) is 4.71. The Labute approximate surface area is 124 Å². The van der Waals surface area contributed by atoms with Crippen molar-refractivity contribution >= 4 is 11.7 Å². The van der Waals surface area contributed by atoms with Crippen molar-refractivity contribution in [3.63, 3.8) is 0 Å². The molecule has 2 aliphatic rings. The zero-order chi connectivity index (χ0) is 14.8. The van der Waals surface area contributed by atoms with Gasteiger partial charge in [-0.15, -0.1) is 0 Å². The Morgan fingerprint density at radius 1 is 1.38 bits per heavy atom. The zero-order valence-electron chi connectivity index (χ0n) is 12.2. The van der Waals surface area contributed by atoms with E-state index in [4.69, 9.17) is 9.47 Å². The first-order valence-electron chi connectivity index (χ1n) is 7.50. The first kappa shape index (κ1) is 14.2. The Hall–Kier alpha value is -1.75. The van der Waals surface area contributed by atoms with Crippen LogP contribution in [0.3, 0.4) is 0 Å². The molecular formula is C16H21NO4. The van der Waals surface area contributed by atoms with E-state index in [2.05, 4.69) is 4.90 Å². The van der Waals surface area contributed by atoms with Gasteiger partial charge in [0.25, 0.3) is 0 Å². The molecule has 5 heteroatoms. The van der Waals surface area contributed by atoms with E-state index in [1.54, 1.807) is 19.2 Å². The van der Waals surface area contributed by atoms with Crippen LogP contribution < -0.4 is 9.64 Å². The van der Waals surface area contributed by atoms with Gasteiger partial charge in [-0.3, -0.25) is 0 Å². The highest BCUT2D eigenvalue weighted by Gasteiger charge is 2.35. The Morgan fingerprint density at radius 3 is 2.95 bits per heavy atom. The molecule has 2 fully saturated rings. The molecule has 3 rings (SSSR count). The summed E-state index contributed by atoms with van der Waals surface area (Å²) >= 11 is 0. The van der Waals surface area contributed by atoms with E-state index < -0.39 is 5.97 Å². The standard InChI is InChI=1S/C16H21NO4/c1-20-11-6-7-12(16(18)19)14(10-11)17-8-9-21-15-5-3-2-4-13(15)17/h6-7,10,13,15H,2-5,8-9H2,1H3,(H,18,19). The van der Waals surface area contributed by atoms with Crippen molar-refractivity contribution in [1.29, 1.82) is 0 Å². The number of carboxylic acid groups (broad SMARTS) is 1. The van der Waals surface area contributed by atoms with Crippen molar-refractivity contribution in [2.75, 3.05) is 25.2 Å². The van der Waals surface area contributed by atoms with Gasteiger partial charge in [-0.05, 0) is 25.0 Å². The van der Waals surface area contributed by atoms with Crippen molar-refractivity contribution in [3.8, 4) is 5.75 Å². The Kier molecular flexibility index (Phi) is 4.01. The van der Waals surface area contributed by atoms with Crippen LogP contribution in [0.15, 0.2) is 18.2 Å². The Bertz CT molecular complexity index is 529. The van der Waals surface area contributed by atoms with E-state index >= 15 is 0 Å². The highest BCUT2D eigenvalue weighted by atomic mass is 16.5. The van der Waals surface area contributed by atoms with Gasteiger partial charge in [-0.1, -0.05) is 12.8 Å². The number of ether oxygens (including phenoxy) is 2. The first-order valence-corrected chi connectivity index (χ1v) is 7.50. The van der Waals surface area contributed by atoms with Crippen LogP contribution in [0.5, 0.6) is 5.75 Å². The van der Waals surface area contributed by atoms with Gasteiger partial charge in [0.15, 0.2) is 0 Å². The minimum atomic E-state index is -0.897. The molecule has 1 aromatic carbocycles. The molecule has 1 saturated carbocycles. The molecule has 1 aliphatic carbocycles. The summed E-state index contributed by atoms with van der Waals surface area (Å²) in [7, 11) is 1.60. The monoisotopic (exact) mass is 291 g/mol. The second-order valence-electron chi connectivity index (χ2n) is 5.64. The van der Waals surface area contributed by atoms with Crippen LogP contribution in [0, 0.1) is 0 Å². The first-order chi connectivity index (χ1) is 10.2. The predicted molar refractivity (Wildman–Crippen MR) is 79.3 cm³/mol. The molecule has 2 atom stereocenters. The van der Waals surface area contributed by atoms with Crippen LogP contribution in [-0.4, -0.2) is 43.5 Å². The average Bonchev–Trinajstić information content (AvgIpc) is 2.53. The van der Waals surface area contributed by atoms with Gasteiger partial charge in [0, 0.05) is 12.6 Å². The largest absolute Gasteiger partial charge is 0.497 e. The number of carbonyl (C=O) groups is 1. The van der Waals surface area contributed by atoms with Gasteiger partial charge in [0.05, 0.1) is 37.1 Å². The minimum Gasteiger partial charge on any atom is -0.497 e. The lowest BCUT2D eigenvalue weighted by molar-refractivity contribution is -0.00879. The number of aromatic carboxylic acids is 1. The fourth-order valence-corrected chi connectivity index (χ4v) is 3.45. The maximum Gasteiger partial charge on any atom is 0.337 e. The number of rotatable bonds is 3. The van der Waals surface area contributed by atoms with E-state index in [-0.39, 0.29) is 12.1 Å². The summed E-state index contributed by atoms with van der Waals surface area (Å²) in [5.74, 6) is -0.208. The van der Waals surface area contributed by atoms with Crippen LogP contribution in [0.1, 0.15) is 36.0 Å². The summed E-state index contributed by atoms with van der Waals surface area (Å²) < 4.78 is 11.1. The second-order valence-corrected chi connectivity index (χ2v) is 5.64. The van der Waals surface area contributed by atoms with Crippen molar-refractivity contribution in [2.45, 2.75) is 37.8 Å². The number of fused-ring (bicyclic) bond motifs is 1. The lowest BCUT2D eigenvalue weighted by atomic mass is 9.89. The number of nitrogens with zero attached hydrogens (tertiary/aromatic N) is 1. The SMILES string of the molecule is COc1ccc(C(=O)O)c(N2CCOC3CCCCC32)c1. The highest BCUT2D eigenvalue weighted by Crippen LogP contribution is 2.35. The van der Waals surface area contributed by atoms with E-state index in [1.165, 1.54) is 12.8 Å². The minimum absolute atomic E-state index is 0.223. The van der Waals surface area contributed by atoms with Crippen molar-refractivity contribution in [3.05, 3.63) is 23.8 Å². The van der Waals surface area contributed by atoms with Gasteiger partial charge in [0.2, 0.25) is 0 Å². The van der Waals surface area contributed by atoms with E-state index in [9.17, 15) is 9.90 Å². The summed E-state index contributed by atoms with van der Waals surface area (Å²) in [6.45, 7) is 1.38. The molecule has 0 bridgehead atoms. The van der Waals surface area contributed by atoms with Gasteiger partial charge >= 0.3 is 5.97 Å². The highest BCUT2D eigenvalue weighted by molar-refractivity contribution is 5.95. The average molecular weight is 291 g/mol. The number of methoxy groups -OCH3 is 1. The quantitative estimate of drug-likeness (QED) is 0.927. The number of hydrogen-bond acceptors (Lipinski definition) is 4. The van der Waals surface area contributed by atoms with Crippen molar-refractivity contribution in [2.24, 2.45) is 0 Å². The molecular weight excluding hydrogens is 270 g/mol. The van der Waals surface area contributed by atoms with Crippen LogP contribution in [0.25, 0.3) is 0 Å². The van der Waals surface area contributed by atoms with Gasteiger partial charge in [-0.25, -0.2) is 4.79 Å². The predicted octanol–water partition coefficient (Wildman–Crippen LogP) is 2.54. The number of morpholine rings is 1. The number of benzene rings is 1. The number of carboxylic acids is 1. The van der Waals surface area contributed by atoms with E-state index in [0.717, 1.165) is 25.1 Å². The van der Waals surface area contributed by atoms with Crippen molar-refractivity contribution < 1.29 is 19.4 Å². The fraction of sp³-hybridized carbons (Fsp3) is 0.562. The Morgan fingerprint density at radius 2 is 2.19 bits per heavy atom. The lowest BCUT2D eigenvalue weighted by Crippen LogP contribution is -2.53. The van der Waals surface area contributed by atoms with Gasteiger partial charge in [-0.2, -0.15) is 0 Å². The number of hydrogen-bond donors (Lipinski definition) is 1. The summed E-state index contributed by atoms with van der Waals surface area (Å²) in [4.78, 5) is 13.7. The lowest BCUT2D eigenvalue weighted by Gasteiger charge is -2.45. The maximum atomic E-state index is 11.5. The molecule has 1 N–H and O–H groups in total. The van der Waals surface area contributed by atoms with Crippen LogP contribution in [0.4, 0.5) is 5.69 Å². The topological polar surface area (TPSA) is 59.0 Å². The number of anilines is 1. The molecule has 1 aromatic rings. The second kappa shape index (κ2) is 5.93. The molecule has 0 aromatic heterocycles. The van der Waals surface area contributed by atoms with Crippen LogP contribution in [-0.2, 0) is 4.74 Å². The van der Waals surface area contributed by atoms with Crippen LogP contribution >= 0.6 is 0 Å². The molecule has 1 saturated heterocycles. The van der Waals surface area contributed by atoms with Crippen LogP contribution in [0.2, 0.25) is 0 Å². The van der Waals surface area contributed by atoms with Crippen molar-refractivity contribution in [1.82, 2.24) is 0 Å². The van der Waals surface area contributed by atoms with E-state index in [0.29, 0.717) is 17.9 Å². The normalized spacial score (nSPS) is 25.3. The smallest absolute Gasteiger partial charge is 0.337 e. The molecule has 1 aliphatic heterocycles. The van der Waals surface area contributed by atoms with Gasteiger partial charge in [0.1, 0.15) is 5.75 Å². The molecule has 0 spiro atoms. The molecule has 114 valence electrons. The third-order valence-electron chi connectivity index (χ3n) is 4.48. The molecule has 0 amide bonds. The summed E-state index contributed by atoms with van der Waals surface area (Å²) in [6, 6.07) is 5.44. The fourth-order valence-electron chi connectivity index (χ4n) is 3.45. The van der Waals surface area contributed by atoms with Gasteiger partial charge < -0.3 is 19.5 Å². The molecule has 0 radical (unpaired) electrons. The third-order valence-corrected chi connectivity index (χ3v) is 4.48. The zero-order valence-corrected chi connectivity index (χ0v) is 12.2. The molecule has 5 nitrogen and oxygen atoms in total. The third kappa shape index (κ3) is 2.70. The molecule has 2 unspecified atom stereocenters. The molecule has 21 heavy (non-hydrogen) atoms. The van der Waals surface area contributed by atoms with E-state index in [1.807, 2.05) is 6.07 Å². The molecule has 1 heterocycles. The maximum absolute atomic E-state index is 11.5. The summed E-state index contributed by atoms with van der Waals surface area (Å²) in [5, 5.41) is 9.46.